The highest BCUT2D eigenvalue weighted by atomic mass is 16.3. The van der Waals surface area contributed by atoms with Gasteiger partial charge in [-0.15, -0.1) is 0 Å². The molecule has 1 saturated heterocycles. The van der Waals surface area contributed by atoms with E-state index in [1.807, 2.05) is 11.8 Å². The summed E-state index contributed by atoms with van der Waals surface area (Å²) in [6, 6.07) is -0.175. The molecule has 1 aromatic rings. The monoisotopic (exact) mass is 252 g/mol. The highest BCUT2D eigenvalue weighted by molar-refractivity contribution is 5.80. The molecule has 6 nitrogen and oxygen atoms in total. The van der Waals surface area contributed by atoms with Gasteiger partial charge < -0.3 is 10.0 Å². The van der Waals surface area contributed by atoms with Gasteiger partial charge in [-0.25, -0.2) is 9.67 Å². The first-order valence-corrected chi connectivity index (χ1v) is 6.42. The average Bonchev–Trinajstić information content (AvgIpc) is 2.96. The van der Waals surface area contributed by atoms with Gasteiger partial charge in [0.25, 0.3) is 0 Å². The number of aliphatic hydroxyl groups excluding tert-OH is 1. The Morgan fingerprint density at radius 2 is 2.33 bits per heavy atom. The zero-order chi connectivity index (χ0) is 13.1. The van der Waals surface area contributed by atoms with Gasteiger partial charge in [0.05, 0.1) is 6.10 Å². The highest BCUT2D eigenvalue weighted by Crippen LogP contribution is 2.24. The summed E-state index contributed by atoms with van der Waals surface area (Å²) in [4.78, 5) is 18.1. The quantitative estimate of drug-likeness (QED) is 0.852. The average molecular weight is 252 g/mol. The highest BCUT2D eigenvalue weighted by Gasteiger charge is 2.32. The first-order chi connectivity index (χ1) is 8.59. The molecule has 1 N–H and O–H groups in total. The lowest BCUT2D eigenvalue weighted by atomic mass is 10.1. The molecule has 2 rings (SSSR count). The first kappa shape index (κ1) is 13.0. The first-order valence-electron chi connectivity index (χ1n) is 6.42. The number of hydrogen-bond acceptors (Lipinski definition) is 4. The van der Waals surface area contributed by atoms with E-state index in [1.54, 1.807) is 17.9 Å². The molecule has 3 atom stereocenters. The molecule has 1 amide bonds. The van der Waals surface area contributed by atoms with Crippen LogP contribution in [-0.2, 0) is 4.79 Å². The van der Waals surface area contributed by atoms with Crippen LogP contribution >= 0.6 is 0 Å². The second kappa shape index (κ2) is 5.48. The van der Waals surface area contributed by atoms with Crippen LogP contribution in [0.25, 0.3) is 0 Å². The molecule has 0 spiro atoms. The lowest BCUT2D eigenvalue weighted by molar-refractivity contribution is -0.135. The topological polar surface area (TPSA) is 71.2 Å². The Labute approximate surface area is 107 Å². The van der Waals surface area contributed by atoms with Crippen LogP contribution in [0.1, 0.15) is 39.2 Å². The summed E-state index contributed by atoms with van der Waals surface area (Å²) < 4.78 is 1.57. The zero-order valence-corrected chi connectivity index (χ0v) is 10.9. The fraction of sp³-hybridized carbons (Fsp3) is 0.750. The third-order valence-corrected chi connectivity index (χ3v) is 3.46. The van der Waals surface area contributed by atoms with Crippen molar-refractivity contribution in [3.05, 3.63) is 12.7 Å². The lowest BCUT2D eigenvalue weighted by Crippen LogP contribution is -2.41. The molecule has 0 aliphatic carbocycles. The van der Waals surface area contributed by atoms with Crippen molar-refractivity contribution < 1.29 is 9.90 Å². The smallest absolute Gasteiger partial charge is 0.247 e. The summed E-state index contributed by atoms with van der Waals surface area (Å²) in [6.07, 6.45) is 5.25. The fourth-order valence-corrected chi connectivity index (χ4v) is 2.54. The molecule has 2 heterocycles. The van der Waals surface area contributed by atoms with Gasteiger partial charge in [0.1, 0.15) is 18.7 Å². The normalized spacial score (nSPS) is 23.1. The number of nitrogens with zero attached hydrogens (tertiary/aromatic N) is 4. The van der Waals surface area contributed by atoms with E-state index in [9.17, 15) is 9.90 Å². The number of aromatic nitrogens is 3. The van der Waals surface area contributed by atoms with Crippen LogP contribution in [0.5, 0.6) is 0 Å². The number of carbonyl (C=O) groups excluding carboxylic acids is 1. The Kier molecular flexibility index (Phi) is 3.96. The Morgan fingerprint density at radius 1 is 1.56 bits per heavy atom. The minimum Gasteiger partial charge on any atom is -0.393 e. The molecule has 0 radical (unpaired) electrons. The van der Waals surface area contributed by atoms with E-state index < -0.39 is 0 Å². The molecule has 100 valence electrons. The molecule has 6 heteroatoms. The van der Waals surface area contributed by atoms with E-state index in [2.05, 4.69) is 10.1 Å². The minimum atomic E-state index is -0.370. The van der Waals surface area contributed by atoms with E-state index in [1.165, 1.54) is 6.33 Å². The maximum absolute atomic E-state index is 12.4. The third-order valence-electron chi connectivity index (χ3n) is 3.46. The van der Waals surface area contributed by atoms with Crippen molar-refractivity contribution in [1.82, 2.24) is 19.7 Å². The van der Waals surface area contributed by atoms with E-state index in [-0.39, 0.29) is 24.1 Å². The van der Waals surface area contributed by atoms with Crippen molar-refractivity contribution in [2.75, 3.05) is 6.54 Å². The molecule has 18 heavy (non-hydrogen) atoms. The van der Waals surface area contributed by atoms with Crippen LogP contribution in [-0.4, -0.2) is 49.4 Å². The number of carbonyl (C=O) groups is 1. The summed E-state index contributed by atoms with van der Waals surface area (Å²) in [5, 5.41) is 13.5. The molecule has 1 aliphatic rings. The minimum absolute atomic E-state index is 0.0589. The molecular formula is C12H20N4O2. The summed E-state index contributed by atoms with van der Waals surface area (Å²) in [7, 11) is 0. The van der Waals surface area contributed by atoms with E-state index in [0.717, 1.165) is 19.4 Å². The van der Waals surface area contributed by atoms with Gasteiger partial charge in [0, 0.05) is 12.6 Å². The largest absolute Gasteiger partial charge is 0.393 e. The lowest BCUT2D eigenvalue weighted by Gasteiger charge is -2.28. The molecule has 1 aromatic heterocycles. The van der Waals surface area contributed by atoms with Gasteiger partial charge in [-0.3, -0.25) is 4.79 Å². The molecule has 0 saturated carbocycles. The van der Waals surface area contributed by atoms with Crippen molar-refractivity contribution in [2.24, 2.45) is 0 Å². The predicted molar refractivity (Wildman–Crippen MR) is 65.8 cm³/mol. The van der Waals surface area contributed by atoms with Gasteiger partial charge in [-0.2, -0.15) is 5.10 Å². The maximum Gasteiger partial charge on any atom is 0.247 e. The van der Waals surface area contributed by atoms with Gasteiger partial charge in [-0.05, 0) is 33.1 Å². The molecular weight excluding hydrogens is 232 g/mol. The maximum atomic E-state index is 12.4. The predicted octanol–water partition coefficient (Wildman–Crippen LogP) is 0.601. The van der Waals surface area contributed by atoms with Crippen LogP contribution in [0.15, 0.2) is 12.7 Å². The van der Waals surface area contributed by atoms with Gasteiger partial charge in [0.15, 0.2) is 0 Å². The van der Waals surface area contributed by atoms with Crippen molar-refractivity contribution in [2.45, 2.75) is 51.3 Å². The number of likely N-dealkylation sites (tertiary alicyclic amines) is 1. The van der Waals surface area contributed by atoms with Crippen LogP contribution in [0.2, 0.25) is 0 Å². The SMILES string of the molecule is CC(O)CC1CCCN1C(=O)C(C)n1cncn1. The Balaban J connectivity index is 2.03. The number of aliphatic hydroxyl groups is 1. The second-order valence-electron chi connectivity index (χ2n) is 4.96. The molecule has 1 aliphatic heterocycles. The standard InChI is InChI=1S/C12H20N4O2/c1-9(17)6-11-4-3-5-15(11)12(18)10(2)16-8-13-7-14-16/h7-11,17H,3-6H2,1-2H3. The van der Waals surface area contributed by atoms with E-state index >= 15 is 0 Å². The molecule has 1 fully saturated rings. The number of amides is 1. The Bertz CT molecular complexity index is 391. The zero-order valence-electron chi connectivity index (χ0n) is 10.9. The fourth-order valence-electron chi connectivity index (χ4n) is 2.54. The van der Waals surface area contributed by atoms with E-state index in [0.29, 0.717) is 6.42 Å². The van der Waals surface area contributed by atoms with Crippen LogP contribution < -0.4 is 0 Å². The molecule has 0 bridgehead atoms. The van der Waals surface area contributed by atoms with E-state index in [4.69, 9.17) is 0 Å². The Hall–Kier alpha value is -1.43. The van der Waals surface area contributed by atoms with Crippen molar-refractivity contribution >= 4 is 5.91 Å². The van der Waals surface area contributed by atoms with Crippen molar-refractivity contribution in [3.63, 3.8) is 0 Å². The van der Waals surface area contributed by atoms with Crippen molar-refractivity contribution in [1.29, 1.82) is 0 Å². The second-order valence-corrected chi connectivity index (χ2v) is 4.96. The summed E-state index contributed by atoms with van der Waals surface area (Å²) >= 11 is 0. The van der Waals surface area contributed by atoms with Gasteiger partial charge >= 0.3 is 0 Å². The summed E-state index contributed by atoms with van der Waals surface area (Å²) in [6.45, 7) is 4.37. The Morgan fingerprint density at radius 3 is 2.94 bits per heavy atom. The summed E-state index contributed by atoms with van der Waals surface area (Å²) in [5.74, 6) is 0.0589. The molecule has 3 unspecified atom stereocenters. The van der Waals surface area contributed by atoms with Gasteiger partial charge in [0.2, 0.25) is 5.91 Å². The van der Waals surface area contributed by atoms with Crippen LogP contribution in [0.3, 0.4) is 0 Å². The van der Waals surface area contributed by atoms with Gasteiger partial charge in [-0.1, -0.05) is 0 Å². The summed E-state index contributed by atoms with van der Waals surface area (Å²) in [5.41, 5.74) is 0. The number of rotatable bonds is 4. The number of hydrogen-bond donors (Lipinski definition) is 1. The third kappa shape index (κ3) is 2.69. The molecule has 0 aromatic carbocycles. The van der Waals surface area contributed by atoms with Crippen LogP contribution in [0.4, 0.5) is 0 Å². The van der Waals surface area contributed by atoms with Crippen LogP contribution in [0, 0.1) is 0 Å². The van der Waals surface area contributed by atoms with Crippen molar-refractivity contribution in [3.8, 4) is 0 Å².